The van der Waals surface area contributed by atoms with Gasteiger partial charge in [-0.3, -0.25) is 4.98 Å². The van der Waals surface area contributed by atoms with Crippen molar-refractivity contribution in [3.8, 4) is 0 Å². The first-order valence-electron chi connectivity index (χ1n) is 17.4. The molecule has 1 aromatic heterocycles. The second kappa shape index (κ2) is 10.8. The van der Waals surface area contributed by atoms with E-state index in [1.54, 1.807) is 0 Å². The molecule has 246 valence electrons. The number of thiazole rings is 1. The van der Waals surface area contributed by atoms with Crippen molar-refractivity contribution in [1.82, 2.24) is 4.98 Å². The van der Waals surface area contributed by atoms with Crippen LogP contribution in [-0.4, -0.2) is 11.7 Å². The van der Waals surface area contributed by atoms with Crippen LogP contribution in [0.1, 0.15) is 105 Å². The molecule has 0 N–H and O–H groups in total. The predicted molar refractivity (Wildman–Crippen MR) is 211 cm³/mol. The van der Waals surface area contributed by atoms with E-state index in [1.807, 2.05) is 11.3 Å². The van der Waals surface area contributed by atoms with Crippen molar-refractivity contribution in [2.24, 2.45) is 0 Å². The zero-order chi connectivity index (χ0) is 34.6. The summed E-state index contributed by atoms with van der Waals surface area (Å²) in [7, 11) is 0. The van der Waals surface area contributed by atoms with Gasteiger partial charge in [-0.15, -0.1) is 11.3 Å². The van der Waals surface area contributed by atoms with Gasteiger partial charge in [0.2, 0.25) is 0 Å². The molecule has 5 heteroatoms. The standard InChI is InChI=1S/C43H50BN3S/c1-40(2,3)27-16-21-30(22-17-27)46-33-25-20-29(42(7,8)9)26-32(33)44-36-34(46)14-13-15-35(36)47(31-23-18-28(19-24-31)41(4,5)6)38-37(44)45-39(48-38)43(10,11)12/h13-26H,1-12H3. The minimum absolute atomic E-state index is 0.0188. The number of rotatable bonds is 2. The van der Waals surface area contributed by atoms with Gasteiger partial charge in [-0.2, -0.15) is 0 Å². The van der Waals surface area contributed by atoms with Crippen LogP contribution in [0.3, 0.4) is 0 Å². The minimum Gasteiger partial charge on any atom is -0.311 e. The molecule has 2 aliphatic rings. The molecule has 2 aliphatic heterocycles. The molecule has 5 aromatic rings. The van der Waals surface area contributed by atoms with Crippen molar-refractivity contribution in [3.05, 3.63) is 107 Å². The monoisotopic (exact) mass is 651 g/mol. The summed E-state index contributed by atoms with van der Waals surface area (Å²) in [4.78, 5) is 10.5. The Hall–Kier alpha value is -3.83. The van der Waals surface area contributed by atoms with Crippen LogP contribution in [0.4, 0.5) is 33.4 Å². The molecular formula is C43H50BN3S. The fraction of sp³-hybridized carbons (Fsp3) is 0.372. The molecule has 0 bridgehead atoms. The fourth-order valence-corrected chi connectivity index (χ4v) is 8.31. The Labute approximate surface area is 293 Å². The van der Waals surface area contributed by atoms with Crippen LogP contribution in [-0.2, 0) is 21.7 Å². The summed E-state index contributed by atoms with van der Waals surface area (Å²) < 4.78 is 0. The summed E-state index contributed by atoms with van der Waals surface area (Å²) in [6.07, 6.45) is 0. The molecule has 0 amide bonds. The van der Waals surface area contributed by atoms with Crippen LogP contribution in [0, 0.1) is 0 Å². The number of fused-ring (bicyclic) bond motifs is 4. The topological polar surface area (TPSA) is 19.4 Å². The maximum absolute atomic E-state index is 5.57. The van der Waals surface area contributed by atoms with Gasteiger partial charge in [-0.25, -0.2) is 0 Å². The van der Waals surface area contributed by atoms with E-state index in [4.69, 9.17) is 4.98 Å². The maximum atomic E-state index is 5.57. The van der Waals surface area contributed by atoms with Gasteiger partial charge in [-0.1, -0.05) is 126 Å². The van der Waals surface area contributed by atoms with Gasteiger partial charge < -0.3 is 9.80 Å². The van der Waals surface area contributed by atoms with Gasteiger partial charge in [0.15, 0.2) is 0 Å². The molecule has 48 heavy (non-hydrogen) atoms. The first-order chi connectivity index (χ1) is 22.3. The lowest BCUT2D eigenvalue weighted by Crippen LogP contribution is -2.61. The first-order valence-corrected chi connectivity index (χ1v) is 18.3. The van der Waals surface area contributed by atoms with E-state index < -0.39 is 0 Å². The van der Waals surface area contributed by atoms with Crippen LogP contribution >= 0.6 is 11.3 Å². The first kappa shape index (κ1) is 32.7. The largest absolute Gasteiger partial charge is 0.311 e. The van der Waals surface area contributed by atoms with Crippen LogP contribution < -0.4 is 26.3 Å². The Morgan fingerprint density at radius 1 is 0.521 bits per heavy atom. The second-order valence-corrected chi connectivity index (χ2v) is 18.9. The van der Waals surface area contributed by atoms with E-state index in [0.717, 1.165) is 0 Å². The van der Waals surface area contributed by atoms with Crippen molar-refractivity contribution in [3.63, 3.8) is 0 Å². The second-order valence-electron chi connectivity index (χ2n) is 17.9. The SMILES string of the molecule is CC(C)(C)c1ccc(N2c3ccc(C(C)(C)C)cc3B3c4nc(C(C)(C)C)sc4N(c4ccc(C(C)(C)C)cc4)c4cccc2c43)cc1. The summed E-state index contributed by atoms with van der Waals surface area (Å²) in [5.41, 5.74) is 14.0. The lowest BCUT2D eigenvalue weighted by molar-refractivity contribution is 0.586. The van der Waals surface area contributed by atoms with Crippen molar-refractivity contribution >= 4 is 68.0 Å². The van der Waals surface area contributed by atoms with E-state index in [9.17, 15) is 0 Å². The molecule has 0 unspecified atom stereocenters. The third kappa shape index (κ3) is 5.39. The molecule has 0 saturated carbocycles. The van der Waals surface area contributed by atoms with Crippen LogP contribution in [0.25, 0.3) is 0 Å². The summed E-state index contributed by atoms with van der Waals surface area (Å²) in [5.74, 6) is 0. The van der Waals surface area contributed by atoms with Crippen LogP contribution in [0.15, 0.2) is 84.9 Å². The Kier molecular flexibility index (Phi) is 7.39. The van der Waals surface area contributed by atoms with Gasteiger partial charge in [0, 0.05) is 33.9 Å². The highest BCUT2D eigenvalue weighted by Gasteiger charge is 2.46. The highest BCUT2D eigenvalue weighted by Crippen LogP contribution is 2.47. The normalized spacial score (nSPS) is 14.5. The van der Waals surface area contributed by atoms with Gasteiger partial charge >= 0.3 is 0 Å². The molecule has 3 heterocycles. The quantitative estimate of drug-likeness (QED) is 0.174. The van der Waals surface area contributed by atoms with Gasteiger partial charge in [0.1, 0.15) is 5.00 Å². The Bertz CT molecular complexity index is 2010. The third-order valence-corrected chi connectivity index (χ3v) is 11.5. The highest BCUT2D eigenvalue weighted by atomic mass is 32.1. The molecule has 3 nitrogen and oxygen atoms in total. The molecule has 4 aromatic carbocycles. The number of anilines is 6. The van der Waals surface area contributed by atoms with E-state index in [1.165, 1.54) is 71.7 Å². The predicted octanol–water partition coefficient (Wildman–Crippen LogP) is 10.4. The lowest BCUT2D eigenvalue weighted by Gasteiger charge is -2.42. The smallest absolute Gasteiger partial charge is 0.276 e. The molecule has 0 radical (unpaired) electrons. The zero-order valence-corrected chi connectivity index (χ0v) is 31.7. The lowest BCUT2D eigenvalue weighted by atomic mass is 9.35. The van der Waals surface area contributed by atoms with E-state index >= 15 is 0 Å². The molecule has 0 atom stereocenters. The molecule has 0 saturated heterocycles. The zero-order valence-electron chi connectivity index (χ0n) is 30.9. The molecule has 0 spiro atoms. The Balaban J connectivity index is 1.53. The number of hydrogen-bond donors (Lipinski definition) is 0. The van der Waals surface area contributed by atoms with E-state index in [2.05, 4.69) is 178 Å². The van der Waals surface area contributed by atoms with Crippen LogP contribution in [0.2, 0.25) is 0 Å². The molecule has 0 fully saturated rings. The average Bonchev–Trinajstić information content (AvgIpc) is 3.45. The fourth-order valence-electron chi connectivity index (χ4n) is 7.11. The molecule has 7 rings (SSSR count). The number of aromatic nitrogens is 1. The summed E-state index contributed by atoms with van der Waals surface area (Å²) in [5, 5.41) is 2.40. The van der Waals surface area contributed by atoms with Crippen molar-refractivity contribution in [2.75, 3.05) is 9.80 Å². The Morgan fingerprint density at radius 3 is 1.50 bits per heavy atom. The number of nitrogens with zero attached hydrogens (tertiary/aromatic N) is 3. The molecular weight excluding hydrogens is 601 g/mol. The van der Waals surface area contributed by atoms with Gasteiger partial charge in [-0.05, 0) is 86.3 Å². The molecule has 0 aliphatic carbocycles. The average molecular weight is 652 g/mol. The van der Waals surface area contributed by atoms with Crippen molar-refractivity contribution in [1.29, 1.82) is 0 Å². The summed E-state index contributed by atoms with van der Waals surface area (Å²) in [6, 6.07) is 32.5. The van der Waals surface area contributed by atoms with E-state index in [-0.39, 0.29) is 28.4 Å². The Morgan fingerprint density at radius 2 is 1.00 bits per heavy atom. The highest BCUT2D eigenvalue weighted by molar-refractivity contribution is 7.19. The van der Waals surface area contributed by atoms with E-state index in [0.29, 0.717) is 0 Å². The minimum atomic E-state index is -0.0651. The van der Waals surface area contributed by atoms with Gasteiger partial charge in [0.25, 0.3) is 6.71 Å². The van der Waals surface area contributed by atoms with Crippen molar-refractivity contribution < 1.29 is 0 Å². The number of benzene rings is 4. The maximum Gasteiger partial charge on any atom is 0.276 e. The third-order valence-electron chi connectivity index (χ3n) is 10.0. The summed E-state index contributed by atoms with van der Waals surface area (Å²) in [6.45, 7) is 27.5. The van der Waals surface area contributed by atoms with Gasteiger partial charge in [0.05, 0.1) is 10.6 Å². The van der Waals surface area contributed by atoms with Crippen LogP contribution in [0.5, 0.6) is 0 Å². The number of hydrogen-bond acceptors (Lipinski definition) is 4. The van der Waals surface area contributed by atoms with Crippen molar-refractivity contribution in [2.45, 2.75) is 105 Å². The summed E-state index contributed by atoms with van der Waals surface area (Å²) >= 11 is 1.85.